The molecule has 2 atom stereocenters. The van der Waals surface area contributed by atoms with Gasteiger partial charge in [0.2, 0.25) is 5.91 Å². The minimum absolute atomic E-state index is 0.0406. The highest BCUT2D eigenvalue weighted by Crippen LogP contribution is 2.31. The van der Waals surface area contributed by atoms with Gasteiger partial charge in [0.25, 0.3) is 0 Å². The Bertz CT molecular complexity index is 1910. The van der Waals surface area contributed by atoms with Gasteiger partial charge in [-0.2, -0.15) is 5.10 Å². The topological polar surface area (TPSA) is 136 Å². The lowest BCUT2D eigenvalue weighted by molar-refractivity contribution is -0.143. The third-order valence-electron chi connectivity index (χ3n) is 9.02. The highest BCUT2D eigenvalue weighted by Gasteiger charge is 2.29. The summed E-state index contributed by atoms with van der Waals surface area (Å²) in [6, 6.07) is 19.8. The molecule has 0 saturated heterocycles. The van der Waals surface area contributed by atoms with Gasteiger partial charge in [-0.05, 0) is 59.7 Å². The van der Waals surface area contributed by atoms with Crippen LogP contribution < -0.4 is 10.1 Å². The van der Waals surface area contributed by atoms with Crippen molar-refractivity contribution in [2.75, 3.05) is 6.61 Å². The maximum absolute atomic E-state index is 13.7. The molecular formula is C42H49N5O5S. The Morgan fingerprint density at radius 1 is 0.887 bits per heavy atom. The van der Waals surface area contributed by atoms with Crippen molar-refractivity contribution >= 4 is 29.0 Å². The molecule has 0 aliphatic heterocycles. The Morgan fingerprint density at radius 3 is 2.21 bits per heavy atom. The number of nitrogens with zero attached hydrogens (tertiary/aromatic N) is 4. The van der Waals surface area contributed by atoms with E-state index in [9.17, 15) is 19.5 Å². The van der Waals surface area contributed by atoms with Crippen LogP contribution in [-0.2, 0) is 28.0 Å². The molecule has 0 radical (unpaired) electrons. The Morgan fingerprint density at radius 2 is 1.58 bits per heavy atom. The number of benzene rings is 2. The van der Waals surface area contributed by atoms with Gasteiger partial charge >= 0.3 is 5.97 Å². The van der Waals surface area contributed by atoms with Gasteiger partial charge in [-0.3, -0.25) is 14.3 Å². The van der Waals surface area contributed by atoms with Crippen molar-refractivity contribution < 1.29 is 24.2 Å². The van der Waals surface area contributed by atoms with Gasteiger partial charge in [0.15, 0.2) is 11.6 Å². The molecule has 0 spiro atoms. The molecule has 1 amide bonds. The monoisotopic (exact) mass is 735 g/mol. The summed E-state index contributed by atoms with van der Waals surface area (Å²) < 4.78 is 7.35. The van der Waals surface area contributed by atoms with Crippen LogP contribution in [0.2, 0.25) is 0 Å². The first kappa shape index (κ1) is 39.1. The lowest BCUT2D eigenvalue weighted by Gasteiger charge is -2.20. The summed E-state index contributed by atoms with van der Waals surface area (Å²) in [6.45, 7) is 9.15. The second kappa shape index (κ2) is 18.6. The summed E-state index contributed by atoms with van der Waals surface area (Å²) in [4.78, 5) is 50.2. The summed E-state index contributed by atoms with van der Waals surface area (Å²) in [5.74, 6) is -1.24. The largest absolute Gasteiger partial charge is 0.494 e. The SMILES string of the molecule is CCCCCCCOc1ccc(-c2cnc(-c3ccc(C[C@H](CC(=O)c4ccc(C(C)(C)C)s4)C(=O)N[C@@H](Cn4cccn4)C(=O)O)cc3)nc2)cc1. The number of hydrogen-bond donors (Lipinski definition) is 2. The summed E-state index contributed by atoms with van der Waals surface area (Å²) in [5.41, 5.74) is 3.40. The molecule has 0 fully saturated rings. The van der Waals surface area contributed by atoms with Gasteiger partial charge in [0.1, 0.15) is 11.8 Å². The van der Waals surface area contributed by atoms with Gasteiger partial charge in [-0.25, -0.2) is 14.8 Å². The molecule has 10 nitrogen and oxygen atoms in total. The number of carbonyl (C=O) groups is 3. The molecule has 11 heteroatoms. The minimum atomic E-state index is -1.21. The Kier molecular flexibility index (Phi) is 13.7. The molecule has 278 valence electrons. The Labute approximate surface area is 315 Å². The zero-order chi connectivity index (χ0) is 37.8. The van der Waals surface area contributed by atoms with Crippen LogP contribution in [0.4, 0.5) is 0 Å². The molecule has 5 aromatic rings. The number of hydrogen-bond acceptors (Lipinski definition) is 8. The molecule has 0 bridgehead atoms. The predicted octanol–water partition coefficient (Wildman–Crippen LogP) is 8.42. The molecule has 0 saturated carbocycles. The average molecular weight is 736 g/mol. The van der Waals surface area contributed by atoms with E-state index in [2.05, 4.69) is 48.1 Å². The van der Waals surface area contributed by atoms with Crippen LogP contribution in [0.3, 0.4) is 0 Å². The van der Waals surface area contributed by atoms with Crippen LogP contribution in [-0.4, -0.2) is 55.2 Å². The number of rotatable bonds is 19. The number of carbonyl (C=O) groups excluding carboxylic acids is 2. The van der Waals surface area contributed by atoms with Gasteiger partial charge in [-0.1, -0.05) is 89.8 Å². The fraction of sp³-hybridized carbons (Fsp3) is 0.381. The van der Waals surface area contributed by atoms with Crippen molar-refractivity contribution in [1.82, 2.24) is 25.1 Å². The normalized spacial score (nSPS) is 12.6. The molecule has 3 aromatic heterocycles. The van der Waals surface area contributed by atoms with Crippen LogP contribution in [0.5, 0.6) is 5.75 Å². The average Bonchev–Trinajstić information content (AvgIpc) is 3.87. The fourth-order valence-electron chi connectivity index (χ4n) is 5.88. The lowest BCUT2D eigenvalue weighted by atomic mass is 9.92. The van der Waals surface area contributed by atoms with Crippen LogP contribution in [0, 0.1) is 5.92 Å². The van der Waals surface area contributed by atoms with Crippen LogP contribution in [0.25, 0.3) is 22.5 Å². The number of nitrogens with one attached hydrogen (secondary N) is 1. The standard InChI is InChI=1S/C42H49N5O5S/c1-5-6-7-8-9-23-52-34-17-15-30(16-18-34)33-26-43-39(44-27-33)31-13-11-29(12-14-31)24-32(25-36(48)37-19-20-38(53-37)42(2,3)4)40(49)46-35(41(50)51)28-47-22-10-21-45-47/h10-22,26-27,32,35H,5-9,23-25,28H2,1-4H3,(H,46,49)(H,50,51)/t32-,35+/m1/s1. The van der Waals surface area contributed by atoms with E-state index in [0.717, 1.165) is 45.9 Å². The number of ether oxygens (including phenoxy) is 1. The third-order valence-corrected chi connectivity index (χ3v) is 10.6. The summed E-state index contributed by atoms with van der Waals surface area (Å²) in [7, 11) is 0. The molecule has 0 unspecified atom stereocenters. The molecule has 5 rings (SSSR count). The first-order valence-corrected chi connectivity index (χ1v) is 19.1. The smallest absolute Gasteiger partial charge is 0.328 e. The van der Waals surface area contributed by atoms with Crippen molar-refractivity contribution in [3.63, 3.8) is 0 Å². The predicted molar refractivity (Wildman–Crippen MR) is 208 cm³/mol. The molecule has 2 aromatic carbocycles. The number of amides is 1. The second-order valence-electron chi connectivity index (χ2n) is 14.3. The highest BCUT2D eigenvalue weighted by atomic mass is 32.1. The summed E-state index contributed by atoms with van der Waals surface area (Å²) in [5, 5.41) is 16.6. The Hall–Kier alpha value is -5.16. The Balaban J connectivity index is 1.25. The van der Waals surface area contributed by atoms with Crippen molar-refractivity contribution in [2.45, 2.75) is 90.6 Å². The fourth-order valence-corrected chi connectivity index (χ4v) is 6.90. The molecule has 0 aliphatic carbocycles. The van der Waals surface area contributed by atoms with E-state index < -0.39 is 23.8 Å². The number of carboxylic acids is 1. The van der Waals surface area contributed by atoms with Crippen molar-refractivity contribution in [3.05, 3.63) is 107 Å². The van der Waals surface area contributed by atoms with E-state index in [0.29, 0.717) is 10.7 Å². The summed E-state index contributed by atoms with van der Waals surface area (Å²) >= 11 is 1.43. The highest BCUT2D eigenvalue weighted by molar-refractivity contribution is 7.14. The zero-order valence-electron chi connectivity index (χ0n) is 31.0. The molecule has 3 heterocycles. The number of aromatic nitrogens is 4. The van der Waals surface area contributed by atoms with Gasteiger partial charge < -0.3 is 15.2 Å². The number of Topliss-reactive ketones (excluding diaryl/α,β-unsaturated/α-hetero) is 1. The van der Waals surface area contributed by atoms with Crippen LogP contribution in [0.1, 0.15) is 86.3 Å². The molecule has 0 aliphatic rings. The van der Waals surface area contributed by atoms with Crippen LogP contribution in [0.15, 0.2) is 91.5 Å². The molecule has 53 heavy (non-hydrogen) atoms. The number of ketones is 1. The van der Waals surface area contributed by atoms with Gasteiger partial charge in [0.05, 0.1) is 18.0 Å². The molecule has 2 N–H and O–H groups in total. The summed E-state index contributed by atoms with van der Waals surface area (Å²) in [6.07, 6.45) is 12.9. The first-order chi connectivity index (χ1) is 25.5. The van der Waals surface area contributed by atoms with Crippen molar-refractivity contribution in [3.8, 4) is 28.3 Å². The number of thiophene rings is 1. The van der Waals surface area contributed by atoms with Crippen molar-refractivity contribution in [2.24, 2.45) is 5.92 Å². The quantitative estimate of drug-likeness (QED) is 0.0638. The van der Waals surface area contributed by atoms with Gasteiger partial charge in [-0.15, -0.1) is 11.3 Å². The maximum atomic E-state index is 13.7. The minimum Gasteiger partial charge on any atom is -0.494 e. The zero-order valence-corrected chi connectivity index (χ0v) is 31.8. The number of aliphatic carboxylic acids is 1. The van der Waals surface area contributed by atoms with E-state index in [1.165, 1.54) is 41.7 Å². The first-order valence-electron chi connectivity index (χ1n) is 18.3. The van der Waals surface area contributed by atoms with E-state index in [1.54, 1.807) is 36.9 Å². The van der Waals surface area contributed by atoms with Crippen LogP contribution >= 0.6 is 11.3 Å². The van der Waals surface area contributed by atoms with Gasteiger partial charge in [0, 0.05) is 53.1 Å². The third kappa shape index (κ3) is 11.4. The maximum Gasteiger partial charge on any atom is 0.328 e. The number of carboxylic acid groups (broad SMARTS) is 1. The van der Waals surface area contributed by atoms with E-state index in [1.807, 2.05) is 54.6 Å². The molecular weight excluding hydrogens is 687 g/mol. The lowest BCUT2D eigenvalue weighted by Crippen LogP contribution is -2.46. The van der Waals surface area contributed by atoms with E-state index in [4.69, 9.17) is 4.74 Å². The second-order valence-corrected chi connectivity index (χ2v) is 15.4. The number of unbranched alkanes of at least 4 members (excludes halogenated alkanes) is 4. The van der Waals surface area contributed by atoms with E-state index >= 15 is 0 Å². The van der Waals surface area contributed by atoms with E-state index in [-0.39, 0.29) is 30.6 Å². The van der Waals surface area contributed by atoms with Crippen molar-refractivity contribution in [1.29, 1.82) is 0 Å².